The molecule has 1 aromatic heterocycles. The molecule has 0 fully saturated rings. The number of pyridine rings is 1. The average molecular weight is 194 g/mol. The van der Waals surface area contributed by atoms with Gasteiger partial charge >= 0.3 is 0 Å². The molecule has 0 aliphatic carbocycles. The number of carbonyl (C=O) groups excluding carboxylic acids is 1. The van der Waals surface area contributed by atoms with Crippen molar-refractivity contribution in [1.82, 2.24) is 4.98 Å². The van der Waals surface area contributed by atoms with Crippen LogP contribution >= 0.6 is 0 Å². The Morgan fingerprint density at radius 1 is 1.64 bits per heavy atom. The lowest BCUT2D eigenvalue weighted by molar-refractivity contribution is -0.120. The van der Waals surface area contributed by atoms with Gasteiger partial charge in [-0.2, -0.15) is 0 Å². The standard InChI is InChI=1S/C10H14N2O2/c1-3-14-7-10(13)12-9-5-4-6-11-8(9)2/h4-6H,3,7H2,1-2H3,(H,12,13). The van der Waals surface area contributed by atoms with Crippen LogP contribution in [0.1, 0.15) is 12.6 Å². The maximum absolute atomic E-state index is 11.3. The molecule has 14 heavy (non-hydrogen) atoms. The van der Waals surface area contributed by atoms with E-state index in [1.54, 1.807) is 12.3 Å². The van der Waals surface area contributed by atoms with Crippen LogP contribution in [0.25, 0.3) is 0 Å². The summed E-state index contributed by atoms with van der Waals surface area (Å²) in [6, 6.07) is 3.59. The van der Waals surface area contributed by atoms with Crippen molar-refractivity contribution >= 4 is 11.6 Å². The number of nitrogens with zero attached hydrogens (tertiary/aromatic N) is 1. The van der Waals surface area contributed by atoms with Crippen LogP contribution in [0.4, 0.5) is 5.69 Å². The van der Waals surface area contributed by atoms with Gasteiger partial charge < -0.3 is 10.1 Å². The first-order valence-corrected chi connectivity index (χ1v) is 4.53. The van der Waals surface area contributed by atoms with Gasteiger partial charge in [0, 0.05) is 12.8 Å². The summed E-state index contributed by atoms with van der Waals surface area (Å²) < 4.78 is 4.97. The second kappa shape index (κ2) is 5.34. The molecule has 4 nitrogen and oxygen atoms in total. The summed E-state index contributed by atoms with van der Waals surface area (Å²) in [6.45, 7) is 4.32. The van der Waals surface area contributed by atoms with Gasteiger partial charge in [0.25, 0.3) is 0 Å². The number of amides is 1. The summed E-state index contributed by atoms with van der Waals surface area (Å²) in [5.74, 6) is -0.150. The zero-order chi connectivity index (χ0) is 10.4. The van der Waals surface area contributed by atoms with Crippen molar-refractivity contribution < 1.29 is 9.53 Å². The largest absolute Gasteiger partial charge is 0.372 e. The molecule has 0 aliphatic rings. The Hall–Kier alpha value is -1.42. The third-order valence-electron chi connectivity index (χ3n) is 1.72. The SMILES string of the molecule is CCOCC(=O)Nc1cccnc1C. The Morgan fingerprint density at radius 3 is 3.07 bits per heavy atom. The first-order valence-electron chi connectivity index (χ1n) is 4.53. The molecule has 1 rings (SSSR count). The van der Waals surface area contributed by atoms with Crippen molar-refractivity contribution in [2.24, 2.45) is 0 Å². The molecule has 1 aromatic rings. The monoisotopic (exact) mass is 194 g/mol. The number of nitrogens with one attached hydrogen (secondary N) is 1. The van der Waals surface area contributed by atoms with Gasteiger partial charge in [0.05, 0.1) is 11.4 Å². The Bertz CT molecular complexity index is 313. The van der Waals surface area contributed by atoms with Crippen LogP contribution in [0.15, 0.2) is 18.3 Å². The second-order valence-electron chi connectivity index (χ2n) is 2.82. The van der Waals surface area contributed by atoms with Gasteiger partial charge in [0.2, 0.25) is 5.91 Å². The molecule has 0 saturated heterocycles. The second-order valence-corrected chi connectivity index (χ2v) is 2.82. The zero-order valence-electron chi connectivity index (χ0n) is 8.41. The number of hydrogen-bond donors (Lipinski definition) is 1. The fourth-order valence-corrected chi connectivity index (χ4v) is 0.997. The van der Waals surface area contributed by atoms with Gasteiger partial charge in [-0.3, -0.25) is 9.78 Å². The smallest absolute Gasteiger partial charge is 0.250 e. The highest BCUT2D eigenvalue weighted by Crippen LogP contribution is 2.09. The van der Waals surface area contributed by atoms with Crippen LogP contribution in [-0.2, 0) is 9.53 Å². The van der Waals surface area contributed by atoms with E-state index in [0.717, 1.165) is 11.4 Å². The summed E-state index contributed by atoms with van der Waals surface area (Å²) in [4.78, 5) is 15.3. The van der Waals surface area contributed by atoms with E-state index in [1.807, 2.05) is 19.9 Å². The number of rotatable bonds is 4. The van der Waals surface area contributed by atoms with Crippen LogP contribution in [0.5, 0.6) is 0 Å². The third-order valence-corrected chi connectivity index (χ3v) is 1.72. The van der Waals surface area contributed by atoms with Crippen LogP contribution in [-0.4, -0.2) is 24.1 Å². The van der Waals surface area contributed by atoms with Crippen molar-refractivity contribution in [3.8, 4) is 0 Å². The molecule has 0 atom stereocenters. The molecule has 76 valence electrons. The minimum atomic E-state index is -0.150. The first kappa shape index (κ1) is 10.7. The lowest BCUT2D eigenvalue weighted by Gasteiger charge is -2.06. The lowest BCUT2D eigenvalue weighted by Crippen LogP contribution is -2.18. The molecule has 0 radical (unpaired) electrons. The molecular formula is C10H14N2O2. The number of carbonyl (C=O) groups is 1. The van der Waals surface area contributed by atoms with E-state index in [1.165, 1.54) is 0 Å². The van der Waals surface area contributed by atoms with E-state index < -0.39 is 0 Å². The van der Waals surface area contributed by atoms with E-state index >= 15 is 0 Å². The fraction of sp³-hybridized carbons (Fsp3) is 0.400. The van der Waals surface area contributed by atoms with Crippen molar-refractivity contribution in [2.45, 2.75) is 13.8 Å². The number of ether oxygens (including phenoxy) is 1. The number of hydrogen-bond acceptors (Lipinski definition) is 3. The van der Waals surface area contributed by atoms with Gasteiger partial charge in [0.1, 0.15) is 6.61 Å². The van der Waals surface area contributed by atoms with Gasteiger partial charge in [0.15, 0.2) is 0 Å². The van der Waals surface area contributed by atoms with Crippen molar-refractivity contribution in [3.05, 3.63) is 24.0 Å². The van der Waals surface area contributed by atoms with Gasteiger partial charge in [-0.05, 0) is 26.0 Å². The van der Waals surface area contributed by atoms with Crippen LogP contribution in [0.2, 0.25) is 0 Å². The molecule has 0 aliphatic heterocycles. The predicted molar refractivity (Wildman–Crippen MR) is 54.1 cm³/mol. The van der Waals surface area contributed by atoms with Gasteiger partial charge in [-0.1, -0.05) is 0 Å². The van der Waals surface area contributed by atoms with Crippen LogP contribution in [0, 0.1) is 6.92 Å². The maximum atomic E-state index is 11.3. The van der Waals surface area contributed by atoms with E-state index in [0.29, 0.717) is 6.61 Å². The molecule has 0 saturated carbocycles. The van der Waals surface area contributed by atoms with E-state index in [9.17, 15) is 4.79 Å². The molecule has 1 heterocycles. The van der Waals surface area contributed by atoms with Crippen LogP contribution < -0.4 is 5.32 Å². The molecule has 0 spiro atoms. The highest BCUT2D eigenvalue weighted by atomic mass is 16.5. The quantitative estimate of drug-likeness (QED) is 0.787. The first-order chi connectivity index (χ1) is 6.74. The third kappa shape index (κ3) is 3.14. The Balaban J connectivity index is 2.52. The molecule has 0 unspecified atom stereocenters. The fourth-order valence-electron chi connectivity index (χ4n) is 0.997. The van der Waals surface area contributed by atoms with Gasteiger partial charge in [-0.25, -0.2) is 0 Å². The van der Waals surface area contributed by atoms with Gasteiger partial charge in [-0.15, -0.1) is 0 Å². The normalized spacial score (nSPS) is 9.86. The number of anilines is 1. The van der Waals surface area contributed by atoms with E-state index in [2.05, 4.69) is 10.3 Å². The number of aryl methyl sites for hydroxylation is 1. The minimum Gasteiger partial charge on any atom is -0.372 e. The predicted octanol–water partition coefficient (Wildman–Crippen LogP) is 1.37. The molecular weight excluding hydrogens is 180 g/mol. The van der Waals surface area contributed by atoms with Crippen molar-refractivity contribution in [2.75, 3.05) is 18.5 Å². The minimum absolute atomic E-state index is 0.0881. The summed E-state index contributed by atoms with van der Waals surface area (Å²) in [5, 5.41) is 2.72. The Morgan fingerprint density at radius 2 is 2.43 bits per heavy atom. The van der Waals surface area contributed by atoms with Crippen molar-refractivity contribution in [3.63, 3.8) is 0 Å². The molecule has 1 amide bonds. The molecule has 1 N–H and O–H groups in total. The summed E-state index contributed by atoms with van der Waals surface area (Å²) in [6.07, 6.45) is 1.69. The summed E-state index contributed by atoms with van der Waals surface area (Å²) in [7, 11) is 0. The highest BCUT2D eigenvalue weighted by Gasteiger charge is 2.03. The van der Waals surface area contributed by atoms with Crippen LogP contribution in [0.3, 0.4) is 0 Å². The summed E-state index contributed by atoms with van der Waals surface area (Å²) in [5.41, 5.74) is 1.54. The van der Waals surface area contributed by atoms with Crippen molar-refractivity contribution in [1.29, 1.82) is 0 Å². The Kier molecular flexibility index (Phi) is 4.07. The molecule has 0 aromatic carbocycles. The molecule has 4 heteroatoms. The number of aromatic nitrogens is 1. The average Bonchev–Trinajstić information content (AvgIpc) is 2.18. The lowest BCUT2D eigenvalue weighted by atomic mass is 10.3. The molecule has 0 bridgehead atoms. The van der Waals surface area contributed by atoms with E-state index in [-0.39, 0.29) is 12.5 Å². The topological polar surface area (TPSA) is 51.2 Å². The highest BCUT2D eigenvalue weighted by molar-refractivity contribution is 5.92. The maximum Gasteiger partial charge on any atom is 0.250 e. The Labute approximate surface area is 83.3 Å². The zero-order valence-corrected chi connectivity index (χ0v) is 8.41. The summed E-state index contributed by atoms with van der Waals surface area (Å²) >= 11 is 0. The van der Waals surface area contributed by atoms with E-state index in [4.69, 9.17) is 4.74 Å².